The Balaban J connectivity index is 1.95. The van der Waals surface area contributed by atoms with Crippen molar-refractivity contribution in [2.24, 2.45) is 0 Å². The number of nitrogens with one attached hydrogen (secondary N) is 1. The second-order valence-electron chi connectivity index (χ2n) is 5.12. The number of rotatable bonds is 4. The lowest BCUT2D eigenvalue weighted by Crippen LogP contribution is -2.32. The number of carboxylic acids is 1. The van der Waals surface area contributed by atoms with Crippen LogP contribution in [0.3, 0.4) is 0 Å². The normalized spacial score (nSPS) is 16.1. The summed E-state index contributed by atoms with van der Waals surface area (Å²) in [6.45, 7) is 1.78. The summed E-state index contributed by atoms with van der Waals surface area (Å²) in [6, 6.07) is 4.60. The molecule has 1 unspecified atom stereocenters. The highest BCUT2D eigenvalue weighted by molar-refractivity contribution is 5.93. The first-order valence-corrected chi connectivity index (χ1v) is 6.56. The Kier molecular flexibility index (Phi) is 2.93. The largest absolute Gasteiger partial charge is 0.478 e. The Morgan fingerprint density at radius 1 is 1.45 bits per heavy atom. The van der Waals surface area contributed by atoms with Crippen LogP contribution in [0.15, 0.2) is 24.5 Å². The highest BCUT2D eigenvalue weighted by Gasteiger charge is 2.26. The van der Waals surface area contributed by atoms with Crippen molar-refractivity contribution < 1.29 is 14.7 Å². The maximum absolute atomic E-state index is 12.1. The van der Waals surface area contributed by atoms with E-state index in [9.17, 15) is 9.59 Å². The Labute approximate surface area is 115 Å². The van der Waals surface area contributed by atoms with Crippen molar-refractivity contribution in [3.63, 3.8) is 0 Å². The third-order valence-corrected chi connectivity index (χ3v) is 3.54. The molecule has 20 heavy (non-hydrogen) atoms. The lowest BCUT2D eigenvalue weighted by Gasteiger charge is -2.14. The zero-order valence-corrected chi connectivity index (χ0v) is 11.0. The summed E-state index contributed by atoms with van der Waals surface area (Å²) in [5.74, 6) is -1.05. The third-order valence-electron chi connectivity index (χ3n) is 3.54. The van der Waals surface area contributed by atoms with Gasteiger partial charge in [-0.15, -0.1) is 0 Å². The van der Waals surface area contributed by atoms with Crippen LogP contribution in [0.4, 0.5) is 0 Å². The summed E-state index contributed by atoms with van der Waals surface area (Å²) in [5, 5.41) is 12.0. The molecule has 6 heteroatoms. The van der Waals surface area contributed by atoms with E-state index >= 15 is 0 Å². The zero-order valence-electron chi connectivity index (χ0n) is 11.0. The molecule has 3 rings (SSSR count). The molecule has 104 valence electrons. The number of aromatic nitrogens is 2. The van der Waals surface area contributed by atoms with Crippen molar-refractivity contribution in [3.8, 4) is 0 Å². The lowest BCUT2D eigenvalue weighted by molar-refractivity contribution is -0.123. The number of carbonyl (C=O) groups excluding carboxylic acids is 1. The first-order valence-electron chi connectivity index (χ1n) is 6.56. The predicted molar refractivity (Wildman–Crippen MR) is 72.6 cm³/mol. The number of aromatic carboxylic acids is 1. The van der Waals surface area contributed by atoms with Gasteiger partial charge in [-0.25, -0.2) is 9.78 Å². The van der Waals surface area contributed by atoms with Crippen LogP contribution >= 0.6 is 0 Å². The number of fused-ring (bicyclic) bond motifs is 1. The fourth-order valence-electron chi connectivity index (χ4n) is 2.14. The topological polar surface area (TPSA) is 84.2 Å². The Morgan fingerprint density at radius 3 is 2.85 bits per heavy atom. The van der Waals surface area contributed by atoms with E-state index < -0.39 is 12.0 Å². The van der Waals surface area contributed by atoms with Crippen molar-refractivity contribution in [3.05, 3.63) is 30.1 Å². The number of hydrogen-bond acceptors (Lipinski definition) is 3. The van der Waals surface area contributed by atoms with Gasteiger partial charge in [0.25, 0.3) is 0 Å². The van der Waals surface area contributed by atoms with Crippen LogP contribution < -0.4 is 5.32 Å². The van der Waals surface area contributed by atoms with Crippen LogP contribution in [0.1, 0.15) is 36.2 Å². The van der Waals surface area contributed by atoms with Crippen molar-refractivity contribution in [2.75, 3.05) is 0 Å². The van der Waals surface area contributed by atoms with Crippen molar-refractivity contribution in [1.82, 2.24) is 14.9 Å². The number of imidazole rings is 1. The van der Waals surface area contributed by atoms with Gasteiger partial charge < -0.3 is 15.0 Å². The highest BCUT2D eigenvalue weighted by Crippen LogP contribution is 2.22. The highest BCUT2D eigenvalue weighted by atomic mass is 16.4. The van der Waals surface area contributed by atoms with Gasteiger partial charge in [-0.3, -0.25) is 4.79 Å². The van der Waals surface area contributed by atoms with Crippen LogP contribution in [-0.2, 0) is 4.79 Å². The van der Waals surface area contributed by atoms with Crippen molar-refractivity contribution in [2.45, 2.75) is 31.8 Å². The van der Waals surface area contributed by atoms with Crippen molar-refractivity contribution >= 4 is 22.9 Å². The Hall–Kier alpha value is -2.37. The number of carboxylic acid groups (broad SMARTS) is 1. The first-order chi connectivity index (χ1) is 9.56. The van der Waals surface area contributed by atoms with Crippen LogP contribution in [0.25, 0.3) is 11.0 Å². The molecule has 0 radical (unpaired) electrons. The van der Waals surface area contributed by atoms with Crippen molar-refractivity contribution in [1.29, 1.82) is 0 Å². The fourth-order valence-corrected chi connectivity index (χ4v) is 2.14. The molecule has 0 spiro atoms. The molecule has 6 nitrogen and oxygen atoms in total. The van der Waals surface area contributed by atoms with Gasteiger partial charge in [0.2, 0.25) is 5.91 Å². The minimum absolute atomic E-state index is 0.0625. The summed E-state index contributed by atoms with van der Waals surface area (Å²) in [5.41, 5.74) is 1.53. The van der Waals surface area contributed by atoms with E-state index in [-0.39, 0.29) is 11.5 Å². The molecule has 1 aliphatic rings. The van der Waals surface area contributed by atoms with E-state index in [1.165, 1.54) is 6.07 Å². The van der Waals surface area contributed by atoms with Gasteiger partial charge >= 0.3 is 5.97 Å². The lowest BCUT2D eigenvalue weighted by atomic mass is 10.2. The molecule has 1 atom stereocenters. The maximum atomic E-state index is 12.1. The molecule has 1 fully saturated rings. The predicted octanol–water partition coefficient (Wildman–Crippen LogP) is 1.57. The average molecular weight is 273 g/mol. The maximum Gasteiger partial charge on any atom is 0.335 e. The molecule has 2 N–H and O–H groups in total. The monoisotopic (exact) mass is 273 g/mol. The van der Waals surface area contributed by atoms with Gasteiger partial charge in [0.05, 0.1) is 22.9 Å². The van der Waals surface area contributed by atoms with Gasteiger partial charge in [0.15, 0.2) is 0 Å². The average Bonchev–Trinajstić information content (AvgIpc) is 3.14. The van der Waals surface area contributed by atoms with Gasteiger partial charge in [-0.05, 0) is 38.0 Å². The molecular formula is C14H15N3O3. The second kappa shape index (κ2) is 4.63. The smallest absolute Gasteiger partial charge is 0.335 e. The van der Waals surface area contributed by atoms with E-state index in [1.807, 2.05) is 0 Å². The molecule has 1 heterocycles. The van der Waals surface area contributed by atoms with Crippen LogP contribution in [0, 0.1) is 0 Å². The SMILES string of the molecule is CC(C(=O)NC1CC1)n1cnc2ccc(C(=O)O)cc21. The van der Waals surface area contributed by atoms with Gasteiger partial charge in [0, 0.05) is 6.04 Å². The van der Waals surface area contributed by atoms with Gasteiger partial charge in [0.1, 0.15) is 6.04 Å². The Bertz CT molecular complexity index is 688. The van der Waals surface area contributed by atoms with E-state index in [1.54, 1.807) is 30.0 Å². The second-order valence-corrected chi connectivity index (χ2v) is 5.12. The Morgan fingerprint density at radius 2 is 2.20 bits per heavy atom. The molecule has 0 saturated heterocycles. The molecule has 0 aliphatic heterocycles. The van der Waals surface area contributed by atoms with Gasteiger partial charge in [-0.2, -0.15) is 0 Å². The first kappa shape index (κ1) is 12.7. The molecule has 1 aromatic heterocycles. The van der Waals surface area contributed by atoms with E-state index in [2.05, 4.69) is 10.3 Å². The third kappa shape index (κ3) is 2.24. The quantitative estimate of drug-likeness (QED) is 0.885. The summed E-state index contributed by atoms with van der Waals surface area (Å²) in [6.07, 6.45) is 3.64. The summed E-state index contributed by atoms with van der Waals surface area (Å²) in [4.78, 5) is 27.3. The zero-order chi connectivity index (χ0) is 14.3. The number of hydrogen-bond donors (Lipinski definition) is 2. The molecular weight excluding hydrogens is 258 g/mol. The van der Waals surface area contributed by atoms with Crippen LogP contribution in [0.2, 0.25) is 0 Å². The summed E-state index contributed by atoms with van der Waals surface area (Å²) < 4.78 is 1.71. The minimum Gasteiger partial charge on any atom is -0.478 e. The van der Waals surface area contributed by atoms with E-state index in [0.29, 0.717) is 17.1 Å². The van der Waals surface area contributed by atoms with E-state index in [0.717, 1.165) is 12.8 Å². The van der Waals surface area contributed by atoms with E-state index in [4.69, 9.17) is 5.11 Å². The fraction of sp³-hybridized carbons (Fsp3) is 0.357. The molecule has 1 amide bonds. The number of nitrogens with zero attached hydrogens (tertiary/aromatic N) is 2. The number of amides is 1. The summed E-state index contributed by atoms with van der Waals surface area (Å²) >= 11 is 0. The number of benzene rings is 1. The minimum atomic E-state index is -0.991. The molecule has 1 saturated carbocycles. The van der Waals surface area contributed by atoms with Gasteiger partial charge in [-0.1, -0.05) is 0 Å². The number of carbonyl (C=O) groups is 2. The molecule has 1 aromatic carbocycles. The standard InChI is InChI=1S/C14H15N3O3/c1-8(13(18)16-10-3-4-10)17-7-15-11-5-2-9(14(19)20)6-12(11)17/h2,5-8,10H,3-4H2,1H3,(H,16,18)(H,19,20). The molecule has 0 bridgehead atoms. The summed E-state index contributed by atoms with van der Waals surface area (Å²) in [7, 11) is 0. The molecule has 1 aliphatic carbocycles. The molecule has 2 aromatic rings. The van der Waals surface area contributed by atoms with Crippen LogP contribution in [0.5, 0.6) is 0 Å². The van der Waals surface area contributed by atoms with Crippen LogP contribution in [-0.4, -0.2) is 32.6 Å².